The molecule has 0 amide bonds. The Bertz CT molecular complexity index is 664. The molecule has 142 valence electrons. The largest absolute Gasteiger partial charge is 0.372 e. The molecule has 0 bridgehead atoms. The lowest BCUT2D eigenvalue weighted by Crippen LogP contribution is -2.43. The molecule has 0 aliphatic rings. The molecule has 1 aromatic rings. The van der Waals surface area contributed by atoms with Crippen molar-refractivity contribution < 1.29 is 12.8 Å². The van der Waals surface area contributed by atoms with Crippen LogP contribution in [-0.2, 0) is 9.84 Å². The van der Waals surface area contributed by atoms with Crippen LogP contribution in [0.3, 0.4) is 0 Å². The normalized spacial score (nSPS) is 13.4. The highest BCUT2D eigenvalue weighted by atomic mass is 32.2. The molecule has 0 spiro atoms. The van der Waals surface area contributed by atoms with Crippen LogP contribution in [0.25, 0.3) is 0 Å². The topological polar surface area (TPSA) is 73.8 Å². The third kappa shape index (κ3) is 8.72. The van der Waals surface area contributed by atoms with Gasteiger partial charge in [-0.1, -0.05) is 12.1 Å². The first-order valence-corrected chi connectivity index (χ1v) is 10.4. The summed E-state index contributed by atoms with van der Waals surface area (Å²) in [5.41, 5.74) is 0.583. The number of benzene rings is 1. The Balaban J connectivity index is 2.32. The Morgan fingerprint density at radius 3 is 2.64 bits per heavy atom. The number of nitrogens with zero attached hydrogens (tertiary/aromatic N) is 2. The van der Waals surface area contributed by atoms with E-state index in [-0.39, 0.29) is 17.6 Å². The lowest BCUT2D eigenvalue weighted by molar-refractivity contribution is 0.580. The molecule has 0 saturated carbocycles. The maximum absolute atomic E-state index is 13.7. The van der Waals surface area contributed by atoms with E-state index in [1.807, 2.05) is 24.9 Å². The predicted octanol–water partition coefficient (Wildman–Crippen LogP) is 1.64. The average molecular weight is 373 g/mol. The molecular weight excluding hydrogens is 343 g/mol. The number of anilines is 1. The van der Waals surface area contributed by atoms with Crippen molar-refractivity contribution in [1.29, 1.82) is 0 Å². The van der Waals surface area contributed by atoms with Crippen molar-refractivity contribution in [1.82, 2.24) is 10.6 Å². The van der Waals surface area contributed by atoms with Crippen LogP contribution < -0.4 is 15.5 Å². The molecule has 8 heteroatoms. The first kappa shape index (κ1) is 21.2. The highest BCUT2D eigenvalue weighted by molar-refractivity contribution is 7.90. The zero-order chi connectivity index (χ0) is 18.9. The minimum Gasteiger partial charge on any atom is -0.372 e. The Morgan fingerprint density at radius 2 is 2.04 bits per heavy atom. The van der Waals surface area contributed by atoms with Crippen LogP contribution in [0, 0.1) is 5.82 Å². The summed E-state index contributed by atoms with van der Waals surface area (Å²) >= 11 is 0. The first-order valence-electron chi connectivity index (χ1n) is 8.33. The van der Waals surface area contributed by atoms with Gasteiger partial charge in [-0.05, 0) is 31.9 Å². The third-order valence-corrected chi connectivity index (χ3v) is 4.73. The predicted molar refractivity (Wildman–Crippen MR) is 103 cm³/mol. The van der Waals surface area contributed by atoms with E-state index in [0.717, 1.165) is 6.42 Å². The quantitative estimate of drug-likeness (QED) is 0.392. The maximum Gasteiger partial charge on any atom is 0.191 e. The summed E-state index contributed by atoms with van der Waals surface area (Å²) < 4.78 is 36.1. The summed E-state index contributed by atoms with van der Waals surface area (Å²) in [6.07, 6.45) is 2.57. The summed E-state index contributed by atoms with van der Waals surface area (Å²) in [4.78, 5) is 6.01. The van der Waals surface area contributed by atoms with Crippen LogP contribution in [0.1, 0.15) is 19.8 Å². The maximum atomic E-state index is 13.7. The van der Waals surface area contributed by atoms with E-state index in [9.17, 15) is 12.8 Å². The van der Waals surface area contributed by atoms with Gasteiger partial charge in [-0.2, -0.15) is 0 Å². The van der Waals surface area contributed by atoms with Crippen LogP contribution in [0.2, 0.25) is 0 Å². The van der Waals surface area contributed by atoms with Crippen LogP contribution in [-0.4, -0.2) is 59.6 Å². The van der Waals surface area contributed by atoms with E-state index in [1.54, 1.807) is 19.2 Å². The molecule has 0 saturated heterocycles. The van der Waals surface area contributed by atoms with Gasteiger partial charge in [0, 0.05) is 39.5 Å². The van der Waals surface area contributed by atoms with Crippen molar-refractivity contribution >= 4 is 21.5 Å². The van der Waals surface area contributed by atoms with Gasteiger partial charge in [-0.25, -0.2) is 12.8 Å². The number of guanidine groups is 1. The van der Waals surface area contributed by atoms with Gasteiger partial charge in [0.1, 0.15) is 15.7 Å². The van der Waals surface area contributed by atoms with E-state index in [0.29, 0.717) is 31.2 Å². The van der Waals surface area contributed by atoms with Crippen LogP contribution >= 0.6 is 0 Å². The highest BCUT2D eigenvalue weighted by Gasteiger charge is 2.10. The van der Waals surface area contributed by atoms with E-state index >= 15 is 0 Å². The number of nitrogens with one attached hydrogen (secondary N) is 2. The molecule has 0 radical (unpaired) electrons. The average Bonchev–Trinajstić information content (AvgIpc) is 2.55. The number of para-hydroxylation sites is 1. The van der Waals surface area contributed by atoms with Crippen LogP contribution in [0.4, 0.5) is 10.1 Å². The molecule has 0 heterocycles. The smallest absolute Gasteiger partial charge is 0.191 e. The molecule has 25 heavy (non-hydrogen) atoms. The summed E-state index contributed by atoms with van der Waals surface area (Å²) in [6, 6.07) is 6.70. The van der Waals surface area contributed by atoms with Crippen molar-refractivity contribution in [3.8, 4) is 0 Å². The van der Waals surface area contributed by atoms with Crippen molar-refractivity contribution in [3.05, 3.63) is 30.1 Å². The van der Waals surface area contributed by atoms with Crippen molar-refractivity contribution in [3.63, 3.8) is 0 Å². The van der Waals surface area contributed by atoms with Crippen LogP contribution in [0.15, 0.2) is 29.3 Å². The Kier molecular flexibility index (Phi) is 8.68. The monoisotopic (exact) mass is 372 g/mol. The lowest BCUT2D eigenvalue weighted by atomic mass is 10.2. The molecular formula is C17H29FN4O2S. The summed E-state index contributed by atoms with van der Waals surface area (Å²) in [5, 5.41) is 6.36. The SMILES string of the molecule is CN=C(NCCCN(C)c1ccccc1F)NC(C)CCS(C)(=O)=O. The Morgan fingerprint density at radius 1 is 1.36 bits per heavy atom. The second-order valence-electron chi connectivity index (χ2n) is 6.19. The summed E-state index contributed by atoms with van der Waals surface area (Å²) in [7, 11) is 0.572. The fraction of sp³-hybridized carbons (Fsp3) is 0.588. The van der Waals surface area contributed by atoms with Crippen molar-refractivity contribution in [2.75, 3.05) is 44.1 Å². The van der Waals surface area contributed by atoms with Crippen molar-refractivity contribution in [2.45, 2.75) is 25.8 Å². The molecule has 0 aliphatic heterocycles. The van der Waals surface area contributed by atoms with Gasteiger partial charge < -0.3 is 15.5 Å². The minimum atomic E-state index is -2.96. The fourth-order valence-electron chi connectivity index (χ4n) is 2.30. The fourth-order valence-corrected chi connectivity index (χ4v) is 3.08. The van der Waals surface area contributed by atoms with Gasteiger partial charge in [-0.15, -0.1) is 0 Å². The van der Waals surface area contributed by atoms with E-state index in [4.69, 9.17) is 0 Å². The molecule has 6 nitrogen and oxygen atoms in total. The van der Waals surface area contributed by atoms with Gasteiger partial charge >= 0.3 is 0 Å². The van der Waals surface area contributed by atoms with Crippen LogP contribution in [0.5, 0.6) is 0 Å². The Labute approximate surface area is 150 Å². The van der Waals surface area contributed by atoms with Gasteiger partial charge in [0.25, 0.3) is 0 Å². The number of hydrogen-bond donors (Lipinski definition) is 2. The number of halogens is 1. The minimum absolute atomic E-state index is 0.00186. The molecule has 1 aromatic carbocycles. The van der Waals surface area contributed by atoms with Gasteiger partial charge in [0.2, 0.25) is 0 Å². The molecule has 1 unspecified atom stereocenters. The molecule has 1 rings (SSSR count). The lowest BCUT2D eigenvalue weighted by Gasteiger charge is -2.21. The Hall–Kier alpha value is -1.83. The zero-order valence-corrected chi connectivity index (χ0v) is 16.2. The molecule has 2 N–H and O–H groups in total. The summed E-state index contributed by atoms with van der Waals surface area (Å²) in [5.74, 6) is 0.552. The van der Waals surface area contributed by atoms with Crippen molar-refractivity contribution in [2.24, 2.45) is 4.99 Å². The zero-order valence-electron chi connectivity index (χ0n) is 15.4. The molecule has 1 atom stereocenters. The number of sulfone groups is 1. The van der Waals surface area contributed by atoms with Gasteiger partial charge in [-0.3, -0.25) is 4.99 Å². The molecule has 0 fully saturated rings. The molecule has 0 aliphatic carbocycles. The van der Waals surface area contributed by atoms with Gasteiger partial charge in [0.05, 0.1) is 11.4 Å². The number of rotatable bonds is 9. The van der Waals surface area contributed by atoms with E-state index in [2.05, 4.69) is 15.6 Å². The van der Waals surface area contributed by atoms with Gasteiger partial charge in [0.15, 0.2) is 5.96 Å². The second-order valence-corrected chi connectivity index (χ2v) is 8.45. The van der Waals surface area contributed by atoms with E-state index < -0.39 is 9.84 Å². The number of hydrogen-bond acceptors (Lipinski definition) is 4. The van der Waals surface area contributed by atoms with E-state index in [1.165, 1.54) is 12.3 Å². The first-order chi connectivity index (χ1) is 11.7. The highest BCUT2D eigenvalue weighted by Crippen LogP contribution is 2.16. The second kappa shape index (κ2) is 10.2. The standard InChI is InChI=1S/C17H29FN4O2S/c1-14(10-13-25(4,23)24)21-17(19-2)20-11-7-12-22(3)16-9-6-5-8-15(16)18/h5-6,8-9,14H,7,10-13H2,1-4H3,(H2,19,20,21). The third-order valence-electron chi connectivity index (χ3n) is 3.75. The number of aliphatic imine (C=N–C) groups is 1. The molecule has 0 aromatic heterocycles. The summed E-state index contributed by atoms with van der Waals surface area (Å²) in [6.45, 7) is 3.30.